The Labute approximate surface area is 189 Å². The van der Waals surface area contributed by atoms with Gasteiger partial charge >= 0.3 is 6.18 Å². The number of morpholine rings is 1. The fourth-order valence-corrected chi connectivity index (χ4v) is 6.34. The summed E-state index contributed by atoms with van der Waals surface area (Å²) in [5.74, 6) is 0.612. The van der Waals surface area contributed by atoms with Gasteiger partial charge in [0.05, 0.1) is 24.5 Å². The predicted molar refractivity (Wildman–Crippen MR) is 116 cm³/mol. The third-order valence-corrected chi connectivity index (χ3v) is 8.01. The van der Waals surface area contributed by atoms with Gasteiger partial charge in [0.1, 0.15) is 16.8 Å². The van der Waals surface area contributed by atoms with Crippen molar-refractivity contribution in [2.24, 2.45) is 17.3 Å². The number of Topliss-reactive ketones (excluding diaryl/α,β-unsaturated/α-hetero) is 1. The minimum absolute atomic E-state index is 0.0415. The number of carbonyl (C=O) groups excluding carboxylic acids is 1. The minimum atomic E-state index is -4.49. The summed E-state index contributed by atoms with van der Waals surface area (Å²) in [7, 11) is 0. The van der Waals surface area contributed by atoms with Gasteiger partial charge in [0.25, 0.3) is 0 Å². The molecule has 1 aromatic heterocycles. The lowest BCUT2D eigenvalue weighted by atomic mass is 9.79. The molecule has 1 spiro atoms. The molecule has 0 amide bonds. The maximum absolute atomic E-state index is 13.5. The third-order valence-electron chi connectivity index (χ3n) is 8.01. The molecule has 1 aliphatic carbocycles. The molecule has 33 heavy (non-hydrogen) atoms. The highest BCUT2D eigenvalue weighted by Gasteiger charge is 2.57. The molecule has 1 saturated carbocycles. The minimum Gasteiger partial charge on any atom is -0.378 e. The standard InChI is InChI=1S/C24H27F3N4O2/c25-24(26,27)17-1-2-19(22-21(17)28-5-6-29-22)31-10-18(23(13-31)3-4-23)20(32)9-14-7-15-11-33-12-16(8-14)30-15/h1-2,5-6,14-16,18,30H,3-4,7-13H2. The van der Waals surface area contributed by atoms with Gasteiger partial charge in [-0.1, -0.05) is 0 Å². The lowest BCUT2D eigenvalue weighted by molar-refractivity contribution is -0.136. The number of alkyl halides is 3. The summed E-state index contributed by atoms with van der Waals surface area (Å²) in [4.78, 5) is 23.8. The van der Waals surface area contributed by atoms with Gasteiger partial charge < -0.3 is 15.0 Å². The Kier molecular flexibility index (Phi) is 4.92. The van der Waals surface area contributed by atoms with E-state index in [2.05, 4.69) is 20.2 Å². The fourth-order valence-electron chi connectivity index (χ4n) is 6.34. The highest BCUT2D eigenvalue weighted by atomic mass is 19.4. The number of ketones is 1. The number of aromatic nitrogens is 2. The molecule has 4 aliphatic rings. The first-order valence-electron chi connectivity index (χ1n) is 11.7. The molecule has 2 aromatic rings. The topological polar surface area (TPSA) is 67.3 Å². The lowest BCUT2D eigenvalue weighted by Gasteiger charge is -2.40. The quantitative estimate of drug-likeness (QED) is 0.752. The van der Waals surface area contributed by atoms with Crippen molar-refractivity contribution in [2.75, 3.05) is 31.2 Å². The number of halogens is 3. The molecule has 4 heterocycles. The SMILES string of the molecule is O=C(CC1CC2COCC(C1)N2)C1CN(c2ccc(C(F)(F)F)c3nccnc23)CC12CC2. The summed E-state index contributed by atoms with van der Waals surface area (Å²) < 4.78 is 46.1. The Morgan fingerprint density at radius 1 is 1.12 bits per heavy atom. The third kappa shape index (κ3) is 3.79. The lowest BCUT2D eigenvalue weighted by Crippen LogP contribution is -2.54. The van der Waals surface area contributed by atoms with E-state index < -0.39 is 11.7 Å². The molecule has 1 N–H and O–H groups in total. The van der Waals surface area contributed by atoms with Crippen LogP contribution in [0.25, 0.3) is 11.0 Å². The molecule has 4 fully saturated rings. The van der Waals surface area contributed by atoms with Crippen molar-refractivity contribution >= 4 is 22.5 Å². The fraction of sp³-hybridized carbons (Fsp3) is 0.625. The predicted octanol–water partition coefficient (Wildman–Crippen LogP) is 3.59. The van der Waals surface area contributed by atoms with Crippen molar-refractivity contribution in [3.8, 4) is 0 Å². The van der Waals surface area contributed by atoms with Crippen molar-refractivity contribution < 1.29 is 22.7 Å². The van der Waals surface area contributed by atoms with Gasteiger partial charge in [-0.2, -0.15) is 13.2 Å². The molecule has 3 unspecified atom stereocenters. The number of rotatable bonds is 4. The van der Waals surface area contributed by atoms with Crippen LogP contribution in [0.4, 0.5) is 18.9 Å². The van der Waals surface area contributed by atoms with Crippen molar-refractivity contribution in [2.45, 2.75) is 50.4 Å². The molecule has 3 atom stereocenters. The van der Waals surface area contributed by atoms with Crippen LogP contribution in [0.1, 0.15) is 37.7 Å². The maximum atomic E-state index is 13.5. The summed E-state index contributed by atoms with van der Waals surface area (Å²) in [5.41, 5.74) is -0.0582. The number of hydrogen-bond donors (Lipinski definition) is 1. The van der Waals surface area contributed by atoms with Crippen LogP contribution in [0.5, 0.6) is 0 Å². The monoisotopic (exact) mass is 460 g/mol. The number of anilines is 1. The van der Waals surface area contributed by atoms with Crippen LogP contribution in [0, 0.1) is 17.3 Å². The average molecular weight is 461 g/mol. The molecule has 3 saturated heterocycles. The Hall–Kier alpha value is -2.26. The smallest absolute Gasteiger partial charge is 0.378 e. The Morgan fingerprint density at radius 2 is 1.82 bits per heavy atom. The van der Waals surface area contributed by atoms with E-state index in [0.29, 0.717) is 62.2 Å². The molecule has 2 bridgehead atoms. The first-order valence-corrected chi connectivity index (χ1v) is 11.7. The number of fused-ring (bicyclic) bond motifs is 3. The number of hydrogen-bond acceptors (Lipinski definition) is 6. The number of nitrogens with zero attached hydrogens (tertiary/aromatic N) is 3. The van der Waals surface area contributed by atoms with E-state index in [1.807, 2.05) is 0 Å². The normalized spacial score (nSPS) is 30.7. The molecule has 9 heteroatoms. The second kappa shape index (κ2) is 7.63. The molecular formula is C24H27F3N4O2. The second-order valence-corrected chi connectivity index (χ2v) is 10.3. The van der Waals surface area contributed by atoms with E-state index in [-0.39, 0.29) is 22.4 Å². The van der Waals surface area contributed by atoms with Crippen LogP contribution in [-0.4, -0.2) is 54.1 Å². The van der Waals surface area contributed by atoms with E-state index in [1.54, 1.807) is 0 Å². The number of carbonyl (C=O) groups is 1. The molecule has 3 aliphatic heterocycles. The zero-order valence-electron chi connectivity index (χ0n) is 18.3. The van der Waals surface area contributed by atoms with Gasteiger partial charge in [0.2, 0.25) is 0 Å². The van der Waals surface area contributed by atoms with Crippen LogP contribution < -0.4 is 10.2 Å². The van der Waals surface area contributed by atoms with Gasteiger partial charge in [-0.15, -0.1) is 0 Å². The van der Waals surface area contributed by atoms with Crippen LogP contribution in [0.3, 0.4) is 0 Å². The number of nitrogens with one attached hydrogen (secondary N) is 1. The van der Waals surface area contributed by atoms with Gasteiger partial charge in [0.15, 0.2) is 0 Å². The number of piperidine rings is 1. The highest BCUT2D eigenvalue weighted by Crippen LogP contribution is 2.58. The Balaban J connectivity index is 1.24. The first kappa shape index (κ1) is 21.3. The number of ether oxygens (including phenoxy) is 1. The van der Waals surface area contributed by atoms with E-state index in [1.165, 1.54) is 18.5 Å². The van der Waals surface area contributed by atoms with Crippen molar-refractivity contribution in [3.05, 3.63) is 30.1 Å². The van der Waals surface area contributed by atoms with Crippen molar-refractivity contribution in [3.63, 3.8) is 0 Å². The zero-order valence-corrected chi connectivity index (χ0v) is 18.3. The summed E-state index contributed by atoms with van der Waals surface area (Å²) in [6, 6.07) is 3.26. The van der Waals surface area contributed by atoms with Crippen molar-refractivity contribution in [1.29, 1.82) is 0 Å². The Bertz CT molecular complexity index is 1080. The van der Waals surface area contributed by atoms with Crippen molar-refractivity contribution in [1.82, 2.24) is 15.3 Å². The average Bonchev–Trinajstić information content (AvgIpc) is 3.44. The molecule has 0 radical (unpaired) electrons. The van der Waals surface area contributed by atoms with Crippen LogP contribution in [0.2, 0.25) is 0 Å². The van der Waals surface area contributed by atoms with Crippen LogP contribution in [0.15, 0.2) is 24.5 Å². The molecule has 176 valence electrons. The summed E-state index contributed by atoms with van der Waals surface area (Å²) >= 11 is 0. The summed E-state index contributed by atoms with van der Waals surface area (Å²) in [5, 5.41) is 3.58. The largest absolute Gasteiger partial charge is 0.418 e. The van der Waals surface area contributed by atoms with E-state index in [0.717, 1.165) is 31.7 Å². The van der Waals surface area contributed by atoms with Gasteiger partial charge in [-0.25, -0.2) is 0 Å². The van der Waals surface area contributed by atoms with E-state index in [4.69, 9.17) is 4.74 Å². The first-order chi connectivity index (χ1) is 15.8. The maximum Gasteiger partial charge on any atom is 0.418 e. The van der Waals surface area contributed by atoms with Gasteiger partial charge in [0, 0.05) is 49.9 Å². The summed E-state index contributed by atoms with van der Waals surface area (Å²) in [6.45, 7) is 2.65. The molecular weight excluding hydrogens is 433 g/mol. The molecule has 6 rings (SSSR count). The Morgan fingerprint density at radius 3 is 2.48 bits per heavy atom. The van der Waals surface area contributed by atoms with Crippen LogP contribution >= 0.6 is 0 Å². The molecule has 1 aromatic carbocycles. The summed E-state index contributed by atoms with van der Waals surface area (Å²) in [6.07, 6.45) is 2.73. The molecule has 6 nitrogen and oxygen atoms in total. The highest BCUT2D eigenvalue weighted by molar-refractivity contribution is 5.92. The van der Waals surface area contributed by atoms with Gasteiger partial charge in [-0.05, 0) is 49.1 Å². The second-order valence-electron chi connectivity index (χ2n) is 10.3. The van der Waals surface area contributed by atoms with E-state index >= 15 is 0 Å². The number of benzene rings is 1. The van der Waals surface area contributed by atoms with E-state index in [9.17, 15) is 18.0 Å². The van der Waals surface area contributed by atoms with Gasteiger partial charge in [-0.3, -0.25) is 14.8 Å². The van der Waals surface area contributed by atoms with Crippen LogP contribution in [-0.2, 0) is 15.7 Å². The zero-order chi connectivity index (χ0) is 22.8.